The van der Waals surface area contributed by atoms with Gasteiger partial charge in [-0.15, -0.1) is 0 Å². The molecule has 66 valence electrons. The summed E-state index contributed by atoms with van der Waals surface area (Å²) in [6.45, 7) is 6.09. The first-order valence-corrected chi connectivity index (χ1v) is 4.10. The van der Waals surface area contributed by atoms with Crippen LogP contribution in [0.4, 0.5) is 0 Å². The van der Waals surface area contributed by atoms with E-state index in [-0.39, 0.29) is 11.1 Å². The smallest absolute Gasteiger partial charge is 0.0375 e. The minimum atomic E-state index is -2.11. The normalized spacial score (nSPS) is 16.5. The maximum atomic E-state index is 7.27. The third kappa shape index (κ3) is 1.84. The molecule has 0 saturated carbocycles. The molecule has 1 nitrogen and oxygen atoms in total. The third-order valence-electron chi connectivity index (χ3n) is 1.92. The lowest BCUT2D eigenvalue weighted by molar-refractivity contribution is 0.582. The summed E-state index contributed by atoms with van der Waals surface area (Å²) in [4.78, 5) is 4.01. The number of rotatable bonds is 0. The Hall–Kier alpha value is -0.850. The van der Waals surface area contributed by atoms with Gasteiger partial charge < -0.3 is 0 Å². The summed E-state index contributed by atoms with van der Waals surface area (Å²) in [6, 6.07) is 1.66. The van der Waals surface area contributed by atoms with Gasteiger partial charge in [-0.25, -0.2) is 0 Å². The number of aryl methyl sites for hydroxylation is 2. The van der Waals surface area contributed by atoms with Crippen LogP contribution < -0.4 is 0 Å². The first-order chi connectivity index (χ1) is 6.62. The van der Waals surface area contributed by atoms with E-state index in [1.54, 1.807) is 12.3 Å². The van der Waals surface area contributed by atoms with Gasteiger partial charge in [-0.1, -0.05) is 20.8 Å². The Labute approximate surface area is 79.1 Å². The van der Waals surface area contributed by atoms with Gasteiger partial charge in [0.25, 0.3) is 0 Å². The Morgan fingerprint density at radius 1 is 1.42 bits per heavy atom. The molecule has 1 aromatic rings. The summed E-state index contributed by atoms with van der Waals surface area (Å²) in [5, 5.41) is 0. The van der Waals surface area contributed by atoms with Gasteiger partial charge in [0.2, 0.25) is 0 Å². The van der Waals surface area contributed by atoms with Crippen LogP contribution in [0.1, 0.15) is 41.7 Å². The molecule has 0 aliphatic carbocycles. The SMILES string of the molecule is [2H]C([2H])([2H])c1cc(C)c(C(C)(C)C)cn1. The Kier molecular flexibility index (Phi) is 1.38. The second-order valence-electron chi connectivity index (χ2n) is 4.13. The zero-order valence-electron chi connectivity index (χ0n) is 11.1. The van der Waals surface area contributed by atoms with Gasteiger partial charge in [-0.2, -0.15) is 0 Å². The number of nitrogens with zero attached hydrogens (tertiary/aromatic N) is 1. The Bertz CT molecular complexity index is 361. The molecule has 1 rings (SSSR count). The second kappa shape index (κ2) is 2.89. The lowest BCUT2D eigenvalue weighted by Crippen LogP contribution is -2.13. The van der Waals surface area contributed by atoms with Crippen molar-refractivity contribution >= 4 is 0 Å². The quantitative estimate of drug-likeness (QED) is 0.577. The van der Waals surface area contributed by atoms with Gasteiger partial charge in [0.15, 0.2) is 0 Å². The highest BCUT2D eigenvalue weighted by atomic mass is 14.7. The van der Waals surface area contributed by atoms with Crippen LogP contribution in [0.2, 0.25) is 0 Å². The van der Waals surface area contributed by atoms with Crippen LogP contribution in [0.5, 0.6) is 0 Å². The molecular weight excluding hydrogens is 146 g/mol. The maximum absolute atomic E-state index is 7.27. The Morgan fingerprint density at radius 3 is 2.50 bits per heavy atom. The molecule has 0 N–H and O–H groups in total. The van der Waals surface area contributed by atoms with Crippen molar-refractivity contribution in [1.82, 2.24) is 4.98 Å². The second-order valence-corrected chi connectivity index (χ2v) is 4.13. The summed E-state index contributed by atoms with van der Waals surface area (Å²) in [7, 11) is 0. The predicted octanol–water partition coefficient (Wildman–Crippen LogP) is 3.00. The molecule has 0 aromatic carbocycles. The van der Waals surface area contributed by atoms with Crippen molar-refractivity contribution in [2.24, 2.45) is 0 Å². The van der Waals surface area contributed by atoms with Crippen LogP contribution in [0.15, 0.2) is 12.3 Å². The van der Waals surface area contributed by atoms with Gasteiger partial charge in [0, 0.05) is 16.0 Å². The lowest BCUT2D eigenvalue weighted by Gasteiger charge is -2.21. The summed E-state index contributed by atoms with van der Waals surface area (Å²) in [5.41, 5.74) is 2.26. The number of hydrogen-bond acceptors (Lipinski definition) is 1. The highest BCUT2D eigenvalue weighted by molar-refractivity contribution is 5.30. The molecule has 0 amide bonds. The molecule has 0 bridgehead atoms. The zero-order valence-corrected chi connectivity index (χ0v) is 8.10. The molecule has 1 heteroatoms. The van der Waals surface area contributed by atoms with Gasteiger partial charge in [0.05, 0.1) is 0 Å². The van der Waals surface area contributed by atoms with Gasteiger partial charge >= 0.3 is 0 Å². The maximum Gasteiger partial charge on any atom is 0.0375 e. The van der Waals surface area contributed by atoms with E-state index in [2.05, 4.69) is 25.8 Å². The molecule has 0 aliphatic rings. The van der Waals surface area contributed by atoms with E-state index in [0.717, 1.165) is 11.1 Å². The van der Waals surface area contributed by atoms with Gasteiger partial charge in [-0.3, -0.25) is 4.98 Å². The van der Waals surface area contributed by atoms with Crippen LogP contribution in [-0.2, 0) is 5.41 Å². The zero-order chi connectivity index (χ0) is 11.9. The molecule has 0 unspecified atom stereocenters. The standard InChI is InChI=1S/C11H17N/c1-8-6-9(2)12-7-10(8)11(3,4)5/h6-7H,1-5H3/i2D3. The summed E-state index contributed by atoms with van der Waals surface area (Å²) >= 11 is 0. The fraction of sp³-hybridized carbons (Fsp3) is 0.545. The van der Waals surface area contributed by atoms with Crippen molar-refractivity contribution in [3.63, 3.8) is 0 Å². The molecule has 12 heavy (non-hydrogen) atoms. The number of aromatic nitrogens is 1. The lowest BCUT2D eigenvalue weighted by atomic mass is 9.85. The molecule has 1 aromatic heterocycles. The van der Waals surface area contributed by atoms with Crippen LogP contribution >= 0.6 is 0 Å². The van der Waals surface area contributed by atoms with Crippen molar-refractivity contribution in [1.29, 1.82) is 0 Å². The van der Waals surface area contributed by atoms with Crippen molar-refractivity contribution in [3.05, 3.63) is 29.1 Å². The fourth-order valence-corrected chi connectivity index (χ4v) is 1.34. The molecule has 1 heterocycles. The van der Waals surface area contributed by atoms with E-state index in [1.165, 1.54) is 0 Å². The number of pyridine rings is 1. The Morgan fingerprint density at radius 2 is 2.08 bits per heavy atom. The first-order valence-electron chi connectivity index (χ1n) is 5.60. The van der Waals surface area contributed by atoms with E-state index in [9.17, 15) is 0 Å². The van der Waals surface area contributed by atoms with Crippen LogP contribution in [0, 0.1) is 13.8 Å². The largest absolute Gasteiger partial charge is 0.261 e. The van der Waals surface area contributed by atoms with E-state index in [1.807, 2.05) is 6.92 Å². The molecule has 0 radical (unpaired) electrons. The molecule has 0 aliphatic heterocycles. The third-order valence-corrected chi connectivity index (χ3v) is 1.92. The molecule has 0 saturated heterocycles. The topological polar surface area (TPSA) is 12.9 Å². The van der Waals surface area contributed by atoms with Crippen molar-refractivity contribution < 1.29 is 4.11 Å². The monoisotopic (exact) mass is 166 g/mol. The minimum absolute atomic E-state index is 0.00432. The predicted molar refractivity (Wildman–Crippen MR) is 52.4 cm³/mol. The highest BCUT2D eigenvalue weighted by Crippen LogP contribution is 2.24. The van der Waals surface area contributed by atoms with E-state index in [4.69, 9.17) is 4.11 Å². The minimum Gasteiger partial charge on any atom is -0.261 e. The molecule has 0 fully saturated rings. The van der Waals surface area contributed by atoms with Crippen molar-refractivity contribution in [2.45, 2.75) is 40.0 Å². The van der Waals surface area contributed by atoms with E-state index >= 15 is 0 Å². The Balaban J connectivity index is 3.21. The van der Waals surface area contributed by atoms with Crippen LogP contribution in [-0.4, -0.2) is 4.98 Å². The molecular formula is C11H17N. The highest BCUT2D eigenvalue weighted by Gasteiger charge is 2.15. The summed E-state index contributed by atoms with van der Waals surface area (Å²) < 4.78 is 21.8. The average molecular weight is 166 g/mol. The van der Waals surface area contributed by atoms with Gasteiger partial charge in [-0.05, 0) is 36.4 Å². The summed E-state index contributed by atoms with van der Waals surface area (Å²) in [6.07, 6.45) is 1.68. The molecule has 0 spiro atoms. The number of hydrogen-bond donors (Lipinski definition) is 0. The van der Waals surface area contributed by atoms with Crippen molar-refractivity contribution in [2.75, 3.05) is 0 Å². The first kappa shape index (κ1) is 5.74. The van der Waals surface area contributed by atoms with E-state index < -0.39 is 6.85 Å². The average Bonchev–Trinajstić information content (AvgIpc) is 1.99. The fourth-order valence-electron chi connectivity index (χ4n) is 1.34. The van der Waals surface area contributed by atoms with Gasteiger partial charge in [0.1, 0.15) is 0 Å². The van der Waals surface area contributed by atoms with Crippen LogP contribution in [0.3, 0.4) is 0 Å². The van der Waals surface area contributed by atoms with Crippen LogP contribution in [0.25, 0.3) is 0 Å². The van der Waals surface area contributed by atoms with E-state index in [0.29, 0.717) is 0 Å². The van der Waals surface area contributed by atoms with Crippen molar-refractivity contribution in [3.8, 4) is 0 Å². The summed E-state index contributed by atoms with van der Waals surface area (Å²) in [5.74, 6) is 0. The molecule has 0 atom stereocenters.